The molecule has 0 aliphatic heterocycles. The topological polar surface area (TPSA) is 58.6 Å². The highest BCUT2D eigenvalue weighted by Crippen LogP contribution is 2.24. The summed E-state index contributed by atoms with van der Waals surface area (Å²) >= 11 is 6.32. The van der Waals surface area contributed by atoms with E-state index in [9.17, 15) is 9.59 Å². The predicted molar refractivity (Wildman–Crippen MR) is 126 cm³/mol. The van der Waals surface area contributed by atoms with Crippen molar-refractivity contribution >= 4 is 23.4 Å². The molecule has 0 saturated heterocycles. The monoisotopic (exact) mass is 444 g/mol. The molecule has 5 nitrogen and oxygen atoms in total. The minimum absolute atomic E-state index is 0.165. The molecule has 31 heavy (non-hydrogen) atoms. The summed E-state index contributed by atoms with van der Waals surface area (Å²) in [5, 5.41) is 3.50. The lowest BCUT2D eigenvalue weighted by molar-refractivity contribution is -0.142. The first kappa shape index (κ1) is 24.7. The van der Waals surface area contributed by atoms with Gasteiger partial charge in [0.2, 0.25) is 5.91 Å². The van der Waals surface area contributed by atoms with E-state index in [0.29, 0.717) is 10.8 Å². The standard InChI is InChI=1S/C25H33ClN2O3/c1-16-12-17(2)18(3)22(13-16)31-15-23(29)28(14-20-10-8-9-11-21(20)26)19(4)24(30)27-25(5,6)7/h8-13,19H,14-15H2,1-7H3,(H,27,30)/t19-/m0/s1. The third-order valence-corrected chi connectivity index (χ3v) is 5.45. The van der Waals surface area contributed by atoms with Crippen LogP contribution in [0.1, 0.15) is 49.9 Å². The van der Waals surface area contributed by atoms with E-state index in [1.54, 1.807) is 13.0 Å². The number of amides is 2. The van der Waals surface area contributed by atoms with Crippen LogP contribution in [0.25, 0.3) is 0 Å². The number of nitrogens with zero attached hydrogens (tertiary/aromatic N) is 1. The second-order valence-corrected chi connectivity index (χ2v) is 9.43. The minimum Gasteiger partial charge on any atom is -0.483 e. The Morgan fingerprint density at radius 1 is 1.13 bits per heavy atom. The summed E-state index contributed by atoms with van der Waals surface area (Å²) in [7, 11) is 0. The Balaban J connectivity index is 2.25. The Labute approximate surface area is 190 Å². The molecular formula is C25H33ClN2O3. The van der Waals surface area contributed by atoms with Gasteiger partial charge in [-0.3, -0.25) is 9.59 Å². The van der Waals surface area contributed by atoms with Crippen LogP contribution in [0.3, 0.4) is 0 Å². The Bertz CT molecular complexity index is 950. The van der Waals surface area contributed by atoms with Gasteiger partial charge in [-0.15, -0.1) is 0 Å². The number of hydrogen-bond acceptors (Lipinski definition) is 3. The maximum Gasteiger partial charge on any atom is 0.261 e. The first-order valence-corrected chi connectivity index (χ1v) is 10.8. The third-order valence-electron chi connectivity index (χ3n) is 5.08. The number of halogens is 1. The van der Waals surface area contributed by atoms with Gasteiger partial charge in [-0.1, -0.05) is 35.9 Å². The van der Waals surface area contributed by atoms with Gasteiger partial charge in [-0.2, -0.15) is 0 Å². The van der Waals surface area contributed by atoms with E-state index >= 15 is 0 Å². The van der Waals surface area contributed by atoms with Gasteiger partial charge in [-0.25, -0.2) is 0 Å². The van der Waals surface area contributed by atoms with Crippen molar-refractivity contribution in [1.29, 1.82) is 0 Å². The number of aryl methyl sites for hydroxylation is 2. The SMILES string of the molecule is Cc1cc(C)c(C)c(OCC(=O)N(Cc2ccccc2Cl)[C@@H](C)C(=O)NC(C)(C)C)c1. The van der Waals surface area contributed by atoms with Crippen LogP contribution in [0.15, 0.2) is 36.4 Å². The summed E-state index contributed by atoms with van der Waals surface area (Å²) in [6.45, 7) is 13.5. The summed E-state index contributed by atoms with van der Waals surface area (Å²) in [5.74, 6) is 0.167. The average molecular weight is 445 g/mol. The van der Waals surface area contributed by atoms with Crippen LogP contribution in [-0.4, -0.2) is 34.9 Å². The lowest BCUT2D eigenvalue weighted by atomic mass is 10.1. The average Bonchev–Trinajstić information content (AvgIpc) is 2.67. The molecular weight excluding hydrogens is 412 g/mol. The van der Waals surface area contributed by atoms with Crippen LogP contribution >= 0.6 is 11.6 Å². The molecule has 168 valence electrons. The molecule has 0 spiro atoms. The fourth-order valence-corrected chi connectivity index (χ4v) is 3.44. The smallest absolute Gasteiger partial charge is 0.261 e. The van der Waals surface area contributed by atoms with E-state index in [-0.39, 0.29) is 25.0 Å². The minimum atomic E-state index is -0.688. The maximum absolute atomic E-state index is 13.2. The van der Waals surface area contributed by atoms with Crippen LogP contribution in [0.5, 0.6) is 5.75 Å². The number of hydrogen-bond donors (Lipinski definition) is 1. The summed E-state index contributed by atoms with van der Waals surface area (Å²) in [5.41, 5.74) is 3.53. The normalized spacial score (nSPS) is 12.3. The second kappa shape index (κ2) is 10.2. The van der Waals surface area contributed by atoms with E-state index < -0.39 is 11.6 Å². The molecule has 0 fully saturated rings. The molecule has 0 unspecified atom stereocenters. The van der Waals surface area contributed by atoms with Crippen LogP contribution < -0.4 is 10.1 Å². The molecule has 2 amide bonds. The van der Waals surface area contributed by atoms with E-state index in [4.69, 9.17) is 16.3 Å². The molecule has 1 N–H and O–H groups in total. The highest BCUT2D eigenvalue weighted by Gasteiger charge is 2.29. The molecule has 0 aromatic heterocycles. The zero-order chi connectivity index (χ0) is 23.3. The van der Waals surface area contributed by atoms with Crippen molar-refractivity contribution in [3.63, 3.8) is 0 Å². The summed E-state index contributed by atoms with van der Waals surface area (Å²) < 4.78 is 5.88. The predicted octanol–water partition coefficient (Wildman–Crippen LogP) is 4.98. The van der Waals surface area contributed by atoms with Crippen molar-refractivity contribution < 1.29 is 14.3 Å². The van der Waals surface area contributed by atoms with Crippen molar-refractivity contribution in [2.75, 3.05) is 6.61 Å². The fourth-order valence-electron chi connectivity index (χ4n) is 3.24. The molecule has 1 atom stereocenters. The molecule has 2 aromatic carbocycles. The Hall–Kier alpha value is -2.53. The van der Waals surface area contributed by atoms with Crippen LogP contribution in [0, 0.1) is 20.8 Å². The summed E-state index contributed by atoms with van der Waals surface area (Å²) in [4.78, 5) is 27.5. The number of benzene rings is 2. The van der Waals surface area contributed by atoms with Crippen LogP contribution in [0.4, 0.5) is 0 Å². The van der Waals surface area contributed by atoms with Crippen molar-refractivity contribution in [3.05, 3.63) is 63.7 Å². The molecule has 6 heteroatoms. The molecule has 0 saturated carbocycles. The molecule has 2 rings (SSSR count). The Kier molecular flexibility index (Phi) is 8.13. The molecule has 0 aliphatic rings. The zero-order valence-corrected chi connectivity index (χ0v) is 20.3. The summed E-state index contributed by atoms with van der Waals surface area (Å²) in [6.07, 6.45) is 0. The van der Waals surface area contributed by atoms with E-state index in [0.717, 1.165) is 22.3 Å². The highest BCUT2D eigenvalue weighted by atomic mass is 35.5. The van der Waals surface area contributed by atoms with Gasteiger partial charge in [0.15, 0.2) is 6.61 Å². The van der Waals surface area contributed by atoms with Crippen molar-refractivity contribution in [2.45, 2.75) is 66.6 Å². The second-order valence-electron chi connectivity index (χ2n) is 9.02. The Morgan fingerprint density at radius 2 is 1.77 bits per heavy atom. The van der Waals surface area contributed by atoms with Gasteiger partial charge in [0.25, 0.3) is 5.91 Å². The van der Waals surface area contributed by atoms with Gasteiger partial charge in [0.05, 0.1) is 0 Å². The third kappa shape index (κ3) is 7.00. The molecule has 0 bridgehead atoms. The van der Waals surface area contributed by atoms with Crippen molar-refractivity contribution in [2.24, 2.45) is 0 Å². The van der Waals surface area contributed by atoms with E-state index in [1.807, 2.05) is 65.8 Å². The zero-order valence-electron chi connectivity index (χ0n) is 19.5. The van der Waals surface area contributed by atoms with Crippen LogP contribution in [0.2, 0.25) is 5.02 Å². The number of carbonyl (C=O) groups is 2. The van der Waals surface area contributed by atoms with Crippen LogP contribution in [-0.2, 0) is 16.1 Å². The number of ether oxygens (including phenoxy) is 1. The first-order chi connectivity index (χ1) is 14.4. The van der Waals surface area contributed by atoms with Gasteiger partial charge < -0.3 is 15.0 Å². The molecule has 0 aliphatic carbocycles. The van der Waals surface area contributed by atoms with Crippen molar-refractivity contribution in [3.8, 4) is 5.75 Å². The van der Waals surface area contributed by atoms with Gasteiger partial charge in [-0.05, 0) is 82.9 Å². The number of rotatable bonds is 7. The highest BCUT2D eigenvalue weighted by molar-refractivity contribution is 6.31. The lowest BCUT2D eigenvalue weighted by Crippen LogP contribution is -2.53. The van der Waals surface area contributed by atoms with Gasteiger partial charge >= 0.3 is 0 Å². The molecule has 2 aromatic rings. The largest absolute Gasteiger partial charge is 0.483 e. The first-order valence-electron chi connectivity index (χ1n) is 10.4. The maximum atomic E-state index is 13.2. The number of nitrogens with one attached hydrogen (secondary N) is 1. The quantitative estimate of drug-likeness (QED) is 0.655. The van der Waals surface area contributed by atoms with Crippen molar-refractivity contribution in [1.82, 2.24) is 10.2 Å². The number of carbonyl (C=O) groups excluding carboxylic acids is 2. The molecule has 0 radical (unpaired) electrons. The Morgan fingerprint density at radius 3 is 2.39 bits per heavy atom. The molecule has 0 heterocycles. The van der Waals surface area contributed by atoms with Gasteiger partial charge in [0.1, 0.15) is 11.8 Å². The summed E-state index contributed by atoms with van der Waals surface area (Å²) in [6, 6.07) is 10.6. The van der Waals surface area contributed by atoms with Gasteiger partial charge in [0, 0.05) is 17.1 Å². The lowest BCUT2D eigenvalue weighted by Gasteiger charge is -2.31. The fraction of sp³-hybridized carbons (Fsp3) is 0.440. The van der Waals surface area contributed by atoms with E-state index in [1.165, 1.54) is 4.90 Å². The van der Waals surface area contributed by atoms with E-state index in [2.05, 4.69) is 11.4 Å².